The average Bonchev–Trinajstić information content (AvgIpc) is 2.35. The van der Waals surface area contributed by atoms with Gasteiger partial charge in [-0.15, -0.1) is 0 Å². The number of carbonyl (C=O) groups is 1. The Balaban J connectivity index is 2.52. The summed E-state index contributed by atoms with van der Waals surface area (Å²) in [7, 11) is 0. The van der Waals surface area contributed by atoms with Crippen LogP contribution in [0, 0.1) is 12.8 Å². The summed E-state index contributed by atoms with van der Waals surface area (Å²) in [5.41, 5.74) is 7.91. The minimum Gasteiger partial charge on any atom is -0.483 e. The first-order valence-corrected chi connectivity index (χ1v) is 7.15. The predicted molar refractivity (Wildman–Crippen MR) is 81.7 cm³/mol. The highest BCUT2D eigenvalue weighted by Crippen LogP contribution is 2.24. The zero-order chi connectivity index (χ0) is 15.1. The SMILES string of the molecule is Cc1ccc(C(C)N)c(OCC(=O)NCCC(C)C)c1. The van der Waals surface area contributed by atoms with E-state index in [9.17, 15) is 4.79 Å². The van der Waals surface area contributed by atoms with Gasteiger partial charge in [0.25, 0.3) is 5.91 Å². The summed E-state index contributed by atoms with van der Waals surface area (Å²) in [6, 6.07) is 5.75. The molecule has 0 saturated carbocycles. The van der Waals surface area contributed by atoms with Crippen LogP contribution in [-0.2, 0) is 4.79 Å². The van der Waals surface area contributed by atoms with Gasteiger partial charge in [0.15, 0.2) is 6.61 Å². The average molecular weight is 278 g/mol. The van der Waals surface area contributed by atoms with Crippen molar-refractivity contribution in [2.75, 3.05) is 13.2 Å². The molecule has 1 rings (SSSR count). The molecule has 112 valence electrons. The van der Waals surface area contributed by atoms with Crippen molar-refractivity contribution in [3.05, 3.63) is 29.3 Å². The van der Waals surface area contributed by atoms with Gasteiger partial charge in [0.2, 0.25) is 0 Å². The number of amides is 1. The molecular formula is C16H26N2O2. The van der Waals surface area contributed by atoms with Gasteiger partial charge in [-0.3, -0.25) is 4.79 Å². The fourth-order valence-electron chi connectivity index (χ4n) is 1.84. The first kappa shape index (κ1) is 16.5. The van der Waals surface area contributed by atoms with Gasteiger partial charge in [-0.2, -0.15) is 0 Å². The molecule has 0 aliphatic carbocycles. The molecule has 4 nitrogen and oxygen atoms in total. The Morgan fingerprint density at radius 1 is 1.35 bits per heavy atom. The lowest BCUT2D eigenvalue weighted by Crippen LogP contribution is -2.30. The minimum atomic E-state index is -0.116. The number of nitrogens with one attached hydrogen (secondary N) is 1. The van der Waals surface area contributed by atoms with E-state index in [2.05, 4.69) is 19.2 Å². The lowest BCUT2D eigenvalue weighted by Gasteiger charge is -2.15. The topological polar surface area (TPSA) is 64.3 Å². The smallest absolute Gasteiger partial charge is 0.257 e. The third kappa shape index (κ3) is 5.61. The minimum absolute atomic E-state index is 0.0290. The summed E-state index contributed by atoms with van der Waals surface area (Å²) >= 11 is 0. The first-order chi connectivity index (χ1) is 9.40. The predicted octanol–water partition coefficient (Wildman–Crippen LogP) is 2.56. The van der Waals surface area contributed by atoms with Crippen LogP contribution in [0.2, 0.25) is 0 Å². The van der Waals surface area contributed by atoms with E-state index >= 15 is 0 Å². The van der Waals surface area contributed by atoms with Crippen molar-refractivity contribution in [1.29, 1.82) is 0 Å². The number of ether oxygens (including phenoxy) is 1. The highest BCUT2D eigenvalue weighted by atomic mass is 16.5. The molecule has 0 fully saturated rings. The molecule has 20 heavy (non-hydrogen) atoms. The van der Waals surface area contributed by atoms with Crippen LogP contribution in [0.4, 0.5) is 0 Å². The quantitative estimate of drug-likeness (QED) is 0.805. The molecule has 0 aliphatic heterocycles. The van der Waals surface area contributed by atoms with Gasteiger partial charge in [0, 0.05) is 18.2 Å². The van der Waals surface area contributed by atoms with Crippen LogP contribution < -0.4 is 15.8 Å². The number of carbonyl (C=O) groups excluding carboxylic acids is 1. The van der Waals surface area contributed by atoms with Crippen molar-refractivity contribution in [2.45, 2.75) is 40.2 Å². The first-order valence-electron chi connectivity index (χ1n) is 7.15. The van der Waals surface area contributed by atoms with Gasteiger partial charge < -0.3 is 15.8 Å². The normalized spacial score (nSPS) is 12.3. The molecule has 1 unspecified atom stereocenters. The second kappa shape index (κ2) is 7.90. The molecular weight excluding hydrogens is 252 g/mol. The molecule has 1 aromatic rings. The van der Waals surface area contributed by atoms with Crippen LogP contribution in [0.25, 0.3) is 0 Å². The van der Waals surface area contributed by atoms with E-state index < -0.39 is 0 Å². The van der Waals surface area contributed by atoms with Gasteiger partial charge in [-0.25, -0.2) is 0 Å². The molecule has 0 bridgehead atoms. The second-order valence-corrected chi connectivity index (χ2v) is 5.65. The third-order valence-electron chi connectivity index (χ3n) is 3.06. The summed E-state index contributed by atoms with van der Waals surface area (Å²) in [5, 5.41) is 2.85. The Morgan fingerprint density at radius 3 is 2.65 bits per heavy atom. The molecule has 1 atom stereocenters. The van der Waals surface area contributed by atoms with Crippen molar-refractivity contribution in [3.8, 4) is 5.75 Å². The Hall–Kier alpha value is -1.55. The number of benzene rings is 1. The van der Waals surface area contributed by atoms with E-state index in [0.717, 1.165) is 17.5 Å². The highest BCUT2D eigenvalue weighted by molar-refractivity contribution is 5.77. The number of hydrogen-bond donors (Lipinski definition) is 2. The fourth-order valence-corrected chi connectivity index (χ4v) is 1.84. The summed E-state index contributed by atoms with van der Waals surface area (Å²) in [6.07, 6.45) is 0.973. The van der Waals surface area contributed by atoms with Crippen molar-refractivity contribution >= 4 is 5.91 Å². The summed E-state index contributed by atoms with van der Waals surface area (Å²) in [5.74, 6) is 1.18. The van der Waals surface area contributed by atoms with Gasteiger partial charge in [-0.1, -0.05) is 26.0 Å². The van der Waals surface area contributed by atoms with E-state index in [1.165, 1.54) is 0 Å². The van der Waals surface area contributed by atoms with Crippen LogP contribution >= 0.6 is 0 Å². The molecule has 0 heterocycles. The van der Waals surface area contributed by atoms with Gasteiger partial charge in [0.1, 0.15) is 5.75 Å². The van der Waals surface area contributed by atoms with Crippen molar-refractivity contribution in [1.82, 2.24) is 5.32 Å². The van der Waals surface area contributed by atoms with Crippen molar-refractivity contribution < 1.29 is 9.53 Å². The molecule has 1 aromatic carbocycles. The Kier molecular flexibility index (Phi) is 6.52. The van der Waals surface area contributed by atoms with Crippen LogP contribution in [-0.4, -0.2) is 19.1 Å². The maximum Gasteiger partial charge on any atom is 0.257 e. The number of hydrogen-bond acceptors (Lipinski definition) is 3. The molecule has 0 aliphatic rings. The molecule has 3 N–H and O–H groups in total. The zero-order valence-electron chi connectivity index (χ0n) is 12.9. The maximum atomic E-state index is 11.7. The van der Waals surface area contributed by atoms with Gasteiger partial charge in [-0.05, 0) is 37.8 Å². The summed E-state index contributed by atoms with van der Waals surface area (Å²) in [6.45, 7) is 8.87. The molecule has 4 heteroatoms. The number of nitrogens with two attached hydrogens (primary N) is 1. The van der Waals surface area contributed by atoms with Gasteiger partial charge >= 0.3 is 0 Å². The molecule has 1 amide bonds. The van der Waals surface area contributed by atoms with Crippen molar-refractivity contribution in [3.63, 3.8) is 0 Å². The molecule has 0 saturated heterocycles. The van der Waals surface area contributed by atoms with Gasteiger partial charge in [0.05, 0.1) is 0 Å². The maximum absolute atomic E-state index is 11.7. The lowest BCUT2D eigenvalue weighted by atomic mass is 10.1. The van der Waals surface area contributed by atoms with E-state index in [1.54, 1.807) is 0 Å². The van der Waals surface area contributed by atoms with E-state index in [1.807, 2.05) is 32.0 Å². The monoisotopic (exact) mass is 278 g/mol. The van der Waals surface area contributed by atoms with E-state index in [0.29, 0.717) is 18.2 Å². The third-order valence-corrected chi connectivity index (χ3v) is 3.06. The summed E-state index contributed by atoms with van der Waals surface area (Å²) in [4.78, 5) is 11.7. The van der Waals surface area contributed by atoms with E-state index in [-0.39, 0.29) is 18.6 Å². The van der Waals surface area contributed by atoms with Crippen LogP contribution in [0.15, 0.2) is 18.2 Å². The van der Waals surface area contributed by atoms with Crippen molar-refractivity contribution in [2.24, 2.45) is 11.7 Å². The zero-order valence-corrected chi connectivity index (χ0v) is 12.9. The fraction of sp³-hybridized carbons (Fsp3) is 0.562. The molecule has 0 radical (unpaired) electrons. The summed E-state index contributed by atoms with van der Waals surface area (Å²) < 4.78 is 5.61. The standard InChI is InChI=1S/C16H26N2O2/c1-11(2)7-8-18-16(19)10-20-15-9-12(3)5-6-14(15)13(4)17/h5-6,9,11,13H,7-8,10,17H2,1-4H3,(H,18,19). The number of aryl methyl sites for hydroxylation is 1. The Morgan fingerprint density at radius 2 is 2.05 bits per heavy atom. The second-order valence-electron chi connectivity index (χ2n) is 5.65. The van der Waals surface area contributed by atoms with E-state index in [4.69, 9.17) is 10.5 Å². The van der Waals surface area contributed by atoms with Crippen LogP contribution in [0.5, 0.6) is 5.75 Å². The Bertz CT molecular complexity index is 442. The molecule has 0 aromatic heterocycles. The molecule has 0 spiro atoms. The van der Waals surface area contributed by atoms with Crippen LogP contribution in [0.1, 0.15) is 44.4 Å². The number of rotatable bonds is 7. The van der Waals surface area contributed by atoms with Crippen LogP contribution in [0.3, 0.4) is 0 Å². The lowest BCUT2D eigenvalue weighted by molar-refractivity contribution is -0.123. The largest absolute Gasteiger partial charge is 0.483 e. The Labute approximate surface area is 121 Å². The highest BCUT2D eigenvalue weighted by Gasteiger charge is 2.10.